The Balaban J connectivity index is 2.23. The van der Waals surface area contributed by atoms with Gasteiger partial charge in [-0.3, -0.25) is 14.5 Å². The predicted octanol–water partition coefficient (Wildman–Crippen LogP) is 1.53. The topological polar surface area (TPSA) is 49.4 Å². The van der Waals surface area contributed by atoms with Gasteiger partial charge in [0.1, 0.15) is 0 Å². The zero-order chi connectivity index (χ0) is 13.3. The molecule has 96 valence electrons. The third-order valence-electron chi connectivity index (χ3n) is 3.43. The van der Waals surface area contributed by atoms with Crippen LogP contribution in [-0.2, 0) is 0 Å². The molecule has 2 rings (SSSR count). The molecule has 0 aliphatic carbocycles. The van der Waals surface area contributed by atoms with Gasteiger partial charge in [0.25, 0.3) is 11.8 Å². The van der Waals surface area contributed by atoms with E-state index in [0.717, 1.165) is 0 Å². The highest BCUT2D eigenvalue weighted by Gasteiger charge is 2.36. The summed E-state index contributed by atoms with van der Waals surface area (Å²) < 4.78 is 0. The van der Waals surface area contributed by atoms with Crippen molar-refractivity contribution in [2.75, 3.05) is 13.6 Å². The number of imide groups is 1. The van der Waals surface area contributed by atoms with Crippen LogP contribution in [0.25, 0.3) is 0 Å². The Morgan fingerprint density at radius 2 is 1.61 bits per heavy atom. The second kappa shape index (κ2) is 4.90. The fourth-order valence-corrected chi connectivity index (χ4v) is 2.24. The highest BCUT2D eigenvalue weighted by molar-refractivity contribution is 6.21. The maximum absolute atomic E-state index is 12.2. The summed E-state index contributed by atoms with van der Waals surface area (Å²) >= 11 is 0. The van der Waals surface area contributed by atoms with Crippen molar-refractivity contribution in [2.45, 2.75) is 19.9 Å². The quantitative estimate of drug-likeness (QED) is 0.820. The fourth-order valence-electron chi connectivity index (χ4n) is 2.24. The Hall–Kier alpha value is -1.68. The number of likely N-dealkylation sites (N-methyl/N-ethyl adjacent to an activating group) is 1. The highest BCUT2D eigenvalue weighted by Crippen LogP contribution is 2.23. The van der Waals surface area contributed by atoms with E-state index in [1.165, 1.54) is 4.90 Å². The predicted molar refractivity (Wildman–Crippen MR) is 69.5 cm³/mol. The molecule has 4 heteroatoms. The highest BCUT2D eigenvalue weighted by atomic mass is 16.2. The van der Waals surface area contributed by atoms with E-state index in [-0.39, 0.29) is 17.9 Å². The summed E-state index contributed by atoms with van der Waals surface area (Å²) in [5.74, 6) is -0.00712. The lowest BCUT2D eigenvalue weighted by Crippen LogP contribution is -2.44. The first kappa shape index (κ1) is 12.8. The van der Waals surface area contributed by atoms with Crippen molar-refractivity contribution in [3.8, 4) is 0 Å². The minimum atomic E-state index is -0.184. The van der Waals surface area contributed by atoms with E-state index in [2.05, 4.69) is 19.2 Å². The molecule has 18 heavy (non-hydrogen) atoms. The smallest absolute Gasteiger partial charge is 0.261 e. The Bertz CT molecular complexity index is 447. The van der Waals surface area contributed by atoms with Gasteiger partial charge in [-0.2, -0.15) is 0 Å². The monoisotopic (exact) mass is 246 g/mol. The average Bonchev–Trinajstić information content (AvgIpc) is 2.60. The van der Waals surface area contributed by atoms with Gasteiger partial charge in [-0.1, -0.05) is 26.0 Å². The van der Waals surface area contributed by atoms with Crippen LogP contribution in [-0.4, -0.2) is 36.3 Å². The molecule has 1 N–H and O–H groups in total. The Morgan fingerprint density at radius 1 is 1.11 bits per heavy atom. The maximum atomic E-state index is 12.2. The van der Waals surface area contributed by atoms with Crippen molar-refractivity contribution in [1.29, 1.82) is 0 Å². The van der Waals surface area contributed by atoms with Crippen molar-refractivity contribution in [2.24, 2.45) is 5.92 Å². The van der Waals surface area contributed by atoms with Crippen LogP contribution >= 0.6 is 0 Å². The molecule has 1 aromatic rings. The Labute approximate surface area is 107 Å². The van der Waals surface area contributed by atoms with Crippen LogP contribution in [0.15, 0.2) is 24.3 Å². The Kier molecular flexibility index (Phi) is 3.48. The molecular weight excluding hydrogens is 228 g/mol. The molecule has 1 unspecified atom stereocenters. The van der Waals surface area contributed by atoms with E-state index in [1.54, 1.807) is 24.3 Å². The van der Waals surface area contributed by atoms with Crippen LogP contribution in [0.4, 0.5) is 0 Å². The lowest BCUT2D eigenvalue weighted by atomic mass is 10.0. The van der Waals surface area contributed by atoms with Gasteiger partial charge in [0.05, 0.1) is 11.1 Å². The fraction of sp³-hybridized carbons (Fsp3) is 0.429. The van der Waals surface area contributed by atoms with Crippen LogP contribution < -0.4 is 5.32 Å². The molecule has 0 spiro atoms. The molecule has 0 saturated heterocycles. The molecule has 1 aliphatic heterocycles. The molecule has 0 aromatic heterocycles. The number of nitrogens with one attached hydrogen (secondary N) is 1. The van der Waals surface area contributed by atoms with Gasteiger partial charge in [0, 0.05) is 12.6 Å². The van der Waals surface area contributed by atoms with Crippen molar-refractivity contribution < 1.29 is 9.59 Å². The van der Waals surface area contributed by atoms with Crippen LogP contribution in [0.1, 0.15) is 34.6 Å². The van der Waals surface area contributed by atoms with Gasteiger partial charge in [-0.25, -0.2) is 0 Å². The second-order valence-corrected chi connectivity index (χ2v) is 4.91. The number of hydrogen-bond donors (Lipinski definition) is 1. The number of hydrogen-bond acceptors (Lipinski definition) is 3. The van der Waals surface area contributed by atoms with Crippen molar-refractivity contribution in [1.82, 2.24) is 10.2 Å². The summed E-state index contributed by atoms with van der Waals surface area (Å²) in [5, 5.41) is 3.15. The molecule has 1 aliphatic rings. The number of fused-ring (bicyclic) bond motifs is 1. The van der Waals surface area contributed by atoms with Gasteiger partial charge >= 0.3 is 0 Å². The summed E-state index contributed by atoms with van der Waals surface area (Å²) in [7, 11) is 1.85. The number of rotatable bonds is 4. The normalized spacial score (nSPS) is 16.3. The van der Waals surface area contributed by atoms with Crippen LogP contribution in [0, 0.1) is 5.92 Å². The Morgan fingerprint density at radius 3 is 2.00 bits per heavy atom. The lowest BCUT2D eigenvalue weighted by Gasteiger charge is -2.25. The first-order chi connectivity index (χ1) is 8.56. The number of benzene rings is 1. The minimum Gasteiger partial charge on any atom is -0.315 e. The third kappa shape index (κ3) is 2.04. The first-order valence-electron chi connectivity index (χ1n) is 6.18. The van der Waals surface area contributed by atoms with E-state index in [4.69, 9.17) is 0 Å². The zero-order valence-corrected chi connectivity index (χ0v) is 10.9. The SMILES string of the molecule is CNC(CN1C(=O)c2ccccc2C1=O)C(C)C. The van der Waals surface area contributed by atoms with E-state index in [0.29, 0.717) is 23.6 Å². The third-order valence-corrected chi connectivity index (χ3v) is 3.43. The average molecular weight is 246 g/mol. The van der Waals surface area contributed by atoms with Gasteiger partial charge in [-0.05, 0) is 25.1 Å². The first-order valence-corrected chi connectivity index (χ1v) is 6.18. The van der Waals surface area contributed by atoms with E-state index in [1.807, 2.05) is 7.05 Å². The molecule has 1 heterocycles. The number of carbonyl (C=O) groups is 2. The number of nitrogens with zero attached hydrogens (tertiary/aromatic N) is 1. The van der Waals surface area contributed by atoms with Crippen molar-refractivity contribution >= 4 is 11.8 Å². The zero-order valence-electron chi connectivity index (χ0n) is 10.9. The lowest BCUT2D eigenvalue weighted by molar-refractivity contribution is 0.0631. The van der Waals surface area contributed by atoms with Crippen LogP contribution in [0.3, 0.4) is 0 Å². The summed E-state index contributed by atoms with van der Waals surface area (Å²) in [4.78, 5) is 25.7. The molecular formula is C14H18N2O2. The largest absolute Gasteiger partial charge is 0.315 e. The molecule has 2 amide bonds. The van der Waals surface area contributed by atoms with Gasteiger partial charge < -0.3 is 5.32 Å². The van der Waals surface area contributed by atoms with Gasteiger partial charge in [0.15, 0.2) is 0 Å². The van der Waals surface area contributed by atoms with Crippen LogP contribution in [0.2, 0.25) is 0 Å². The molecule has 0 radical (unpaired) electrons. The second-order valence-electron chi connectivity index (χ2n) is 4.91. The van der Waals surface area contributed by atoms with E-state index >= 15 is 0 Å². The summed E-state index contributed by atoms with van der Waals surface area (Å²) in [6, 6.07) is 7.10. The number of carbonyl (C=O) groups excluding carboxylic acids is 2. The van der Waals surface area contributed by atoms with Crippen LogP contribution in [0.5, 0.6) is 0 Å². The van der Waals surface area contributed by atoms with E-state index in [9.17, 15) is 9.59 Å². The van der Waals surface area contributed by atoms with E-state index < -0.39 is 0 Å². The maximum Gasteiger partial charge on any atom is 0.261 e. The van der Waals surface area contributed by atoms with Crippen molar-refractivity contribution in [3.05, 3.63) is 35.4 Å². The minimum absolute atomic E-state index is 0.118. The molecule has 0 saturated carbocycles. The molecule has 0 fully saturated rings. The van der Waals surface area contributed by atoms with Gasteiger partial charge in [-0.15, -0.1) is 0 Å². The van der Waals surface area contributed by atoms with Gasteiger partial charge in [0.2, 0.25) is 0 Å². The summed E-state index contributed by atoms with van der Waals surface area (Å²) in [6.45, 7) is 4.55. The standard InChI is InChI=1S/C14H18N2O2/c1-9(2)12(15-3)8-16-13(17)10-6-4-5-7-11(10)14(16)18/h4-7,9,12,15H,8H2,1-3H3. The number of amides is 2. The van der Waals surface area contributed by atoms with Crippen molar-refractivity contribution in [3.63, 3.8) is 0 Å². The molecule has 1 aromatic carbocycles. The summed E-state index contributed by atoms with van der Waals surface area (Å²) in [5.41, 5.74) is 1.03. The molecule has 4 nitrogen and oxygen atoms in total. The summed E-state index contributed by atoms with van der Waals surface area (Å²) in [6.07, 6.45) is 0. The molecule has 0 bridgehead atoms. The molecule has 1 atom stereocenters.